The monoisotopic (exact) mass is 726 g/mol. The van der Waals surface area contributed by atoms with Gasteiger partial charge in [-0.25, -0.2) is 9.59 Å². The third-order valence-corrected chi connectivity index (χ3v) is 7.92. The minimum absolute atomic E-state index is 0.0202. The van der Waals surface area contributed by atoms with Gasteiger partial charge < -0.3 is 52.1 Å². The zero-order valence-corrected chi connectivity index (χ0v) is 29.6. The van der Waals surface area contributed by atoms with Crippen molar-refractivity contribution in [3.8, 4) is 39.9 Å². The van der Waals surface area contributed by atoms with Crippen LogP contribution < -0.4 is 23.7 Å². The van der Waals surface area contributed by atoms with E-state index in [0.29, 0.717) is 22.4 Å². The van der Waals surface area contributed by atoms with Crippen molar-refractivity contribution in [1.82, 2.24) is 0 Å². The summed E-state index contributed by atoms with van der Waals surface area (Å²) >= 11 is 0. The number of carbonyl (C=O) groups excluding carboxylic acids is 5. The largest absolute Gasteiger partial charge is 0.493 e. The molecule has 16 heteroatoms. The summed E-state index contributed by atoms with van der Waals surface area (Å²) in [5.41, 5.74) is 0.0245. The number of esters is 5. The maximum absolute atomic E-state index is 14.1. The van der Waals surface area contributed by atoms with Crippen molar-refractivity contribution < 1.29 is 76.1 Å². The van der Waals surface area contributed by atoms with Crippen LogP contribution in [0.5, 0.6) is 28.7 Å². The minimum Gasteiger partial charge on any atom is -0.493 e. The second kappa shape index (κ2) is 16.1. The molecule has 0 aromatic heterocycles. The number of benzene rings is 3. The average molecular weight is 727 g/mol. The summed E-state index contributed by atoms with van der Waals surface area (Å²) in [5, 5.41) is 0.509. The Balaban J connectivity index is 1.86. The van der Waals surface area contributed by atoms with E-state index in [9.17, 15) is 24.0 Å². The molecule has 3 aromatic rings. The van der Waals surface area contributed by atoms with Gasteiger partial charge >= 0.3 is 29.8 Å². The van der Waals surface area contributed by atoms with Crippen molar-refractivity contribution in [2.24, 2.45) is 0 Å². The minimum atomic E-state index is -1.61. The number of fused-ring (bicyclic) bond motifs is 2. The van der Waals surface area contributed by atoms with Crippen LogP contribution in [-0.2, 0) is 42.8 Å². The summed E-state index contributed by atoms with van der Waals surface area (Å²) in [7, 11) is 2.83. The van der Waals surface area contributed by atoms with Gasteiger partial charge in [0.25, 0.3) is 0 Å². The molecule has 278 valence electrons. The molecule has 0 bridgehead atoms. The molecule has 0 N–H and O–H groups in total. The van der Waals surface area contributed by atoms with Crippen molar-refractivity contribution >= 4 is 40.6 Å². The van der Waals surface area contributed by atoms with Crippen molar-refractivity contribution in [3.05, 3.63) is 41.5 Å². The topological polar surface area (TPSA) is 187 Å². The van der Waals surface area contributed by atoms with Gasteiger partial charge in [0.05, 0.1) is 39.6 Å². The number of hydrogen-bond donors (Lipinski definition) is 0. The van der Waals surface area contributed by atoms with Crippen LogP contribution in [-0.4, -0.2) is 95.3 Å². The van der Waals surface area contributed by atoms with Gasteiger partial charge in [-0.2, -0.15) is 0 Å². The average Bonchev–Trinajstić information content (AvgIpc) is 3.57. The molecule has 2 heterocycles. The van der Waals surface area contributed by atoms with Gasteiger partial charge in [0.1, 0.15) is 11.3 Å². The summed E-state index contributed by atoms with van der Waals surface area (Å²) in [4.78, 5) is 64.8. The van der Waals surface area contributed by atoms with E-state index in [-0.39, 0.29) is 65.9 Å². The lowest BCUT2D eigenvalue weighted by Gasteiger charge is -2.40. The lowest BCUT2D eigenvalue weighted by molar-refractivity contribution is -0.259. The Kier molecular flexibility index (Phi) is 11.6. The highest BCUT2D eigenvalue weighted by Crippen LogP contribution is 2.48. The molecule has 2 aliphatic heterocycles. The second-order valence-corrected chi connectivity index (χ2v) is 11.3. The number of carbonyl (C=O) groups is 5. The standard InChI is InChI=1S/C36H38O16/c1-8-44-34(40)29-28(20-10-11-23-26(12-20)48-16-47-23)21-13-24(42-6)25(43-7)14-22(21)31(30(29)35(41)45-9-2)52-36-33(51-19(5)39)32(50-18(4)38)27(15-46-36)49-17(3)37/h10-14,27,32-33,36H,8-9,15-16H2,1-7H3/t27-,32-,33+,36-/m0/s1. The molecule has 16 nitrogen and oxygen atoms in total. The van der Waals surface area contributed by atoms with E-state index in [2.05, 4.69) is 0 Å². The van der Waals surface area contributed by atoms with Gasteiger partial charge in [0.15, 0.2) is 35.2 Å². The molecule has 5 rings (SSSR count). The normalized spacial score (nSPS) is 18.9. The van der Waals surface area contributed by atoms with Gasteiger partial charge in [-0.3, -0.25) is 14.4 Å². The SMILES string of the molecule is CCOC(=O)c1c(C(=O)OCC)c(-c2ccc3c(c2)OCO3)c2cc(OC)c(OC)cc2c1O[C@@H]1OC[C@H](OC(C)=O)[C@H](OC(C)=O)[C@H]1OC(C)=O. The second-order valence-electron chi connectivity index (χ2n) is 11.3. The quantitative estimate of drug-likeness (QED) is 0.191. The van der Waals surface area contributed by atoms with E-state index in [1.165, 1.54) is 20.3 Å². The highest BCUT2D eigenvalue weighted by atomic mass is 16.7. The molecule has 4 atom stereocenters. The van der Waals surface area contributed by atoms with Crippen LogP contribution in [0.4, 0.5) is 0 Å². The molecule has 1 saturated heterocycles. The fourth-order valence-corrected chi connectivity index (χ4v) is 5.99. The first-order valence-corrected chi connectivity index (χ1v) is 16.2. The van der Waals surface area contributed by atoms with E-state index in [4.69, 9.17) is 52.1 Å². The molecule has 0 radical (unpaired) electrons. The first-order valence-electron chi connectivity index (χ1n) is 16.2. The van der Waals surface area contributed by atoms with E-state index >= 15 is 0 Å². The zero-order valence-electron chi connectivity index (χ0n) is 29.6. The van der Waals surface area contributed by atoms with Crippen molar-refractivity contribution in [2.45, 2.75) is 59.2 Å². The first kappa shape index (κ1) is 37.5. The lowest BCUT2D eigenvalue weighted by Crippen LogP contribution is -2.59. The third kappa shape index (κ3) is 7.61. The predicted molar refractivity (Wildman–Crippen MR) is 178 cm³/mol. The summed E-state index contributed by atoms with van der Waals surface area (Å²) in [6.45, 7) is 5.98. The number of rotatable bonds is 12. The predicted octanol–water partition coefficient (Wildman–Crippen LogP) is 4.14. The maximum atomic E-state index is 14.1. The molecule has 0 amide bonds. The van der Waals surface area contributed by atoms with Gasteiger partial charge in [0.2, 0.25) is 19.2 Å². The van der Waals surface area contributed by atoms with Crippen molar-refractivity contribution in [1.29, 1.82) is 0 Å². The molecule has 1 fully saturated rings. The first-order chi connectivity index (χ1) is 24.9. The highest BCUT2D eigenvalue weighted by Gasteiger charge is 2.49. The molecule has 3 aromatic carbocycles. The number of hydrogen-bond acceptors (Lipinski definition) is 16. The lowest BCUT2D eigenvalue weighted by atomic mass is 9.88. The Morgan fingerprint density at radius 1 is 0.712 bits per heavy atom. The Bertz CT molecular complexity index is 1880. The molecular formula is C36H38O16. The fourth-order valence-electron chi connectivity index (χ4n) is 5.99. The molecule has 0 spiro atoms. The van der Waals surface area contributed by atoms with Gasteiger partial charge in [-0.1, -0.05) is 6.07 Å². The van der Waals surface area contributed by atoms with E-state index in [1.807, 2.05) is 0 Å². The Hall–Kier alpha value is -5.77. The van der Waals surface area contributed by atoms with Crippen LogP contribution in [0, 0.1) is 0 Å². The Morgan fingerprint density at radius 3 is 1.88 bits per heavy atom. The molecule has 52 heavy (non-hydrogen) atoms. The summed E-state index contributed by atoms with van der Waals surface area (Å²) < 4.78 is 62.2. The summed E-state index contributed by atoms with van der Waals surface area (Å²) in [5.74, 6) is -3.16. The smallest absolute Gasteiger partial charge is 0.342 e. The Morgan fingerprint density at radius 2 is 1.29 bits per heavy atom. The van der Waals surface area contributed by atoms with Crippen LogP contribution in [0.25, 0.3) is 21.9 Å². The van der Waals surface area contributed by atoms with Crippen LogP contribution in [0.2, 0.25) is 0 Å². The van der Waals surface area contributed by atoms with Gasteiger partial charge in [0, 0.05) is 31.7 Å². The summed E-state index contributed by atoms with van der Waals surface area (Å²) in [6.07, 6.45) is -5.78. The van der Waals surface area contributed by atoms with Gasteiger partial charge in [-0.15, -0.1) is 0 Å². The van der Waals surface area contributed by atoms with Crippen molar-refractivity contribution in [3.63, 3.8) is 0 Å². The van der Waals surface area contributed by atoms with Crippen LogP contribution in [0.15, 0.2) is 30.3 Å². The van der Waals surface area contributed by atoms with E-state index < -0.39 is 54.4 Å². The highest BCUT2D eigenvalue weighted by molar-refractivity contribution is 6.19. The molecule has 0 aliphatic carbocycles. The zero-order chi connectivity index (χ0) is 37.7. The third-order valence-electron chi connectivity index (χ3n) is 7.92. The van der Waals surface area contributed by atoms with Crippen LogP contribution >= 0.6 is 0 Å². The Labute approximate surface area is 298 Å². The maximum Gasteiger partial charge on any atom is 0.342 e. The number of methoxy groups -OCH3 is 2. The number of ether oxygens (including phenoxy) is 11. The fraction of sp³-hybridized carbons (Fsp3) is 0.417. The molecular weight excluding hydrogens is 688 g/mol. The molecule has 0 unspecified atom stereocenters. The molecule has 2 aliphatic rings. The van der Waals surface area contributed by atoms with Crippen molar-refractivity contribution in [2.75, 3.05) is 40.8 Å². The van der Waals surface area contributed by atoms with Crippen LogP contribution in [0.3, 0.4) is 0 Å². The van der Waals surface area contributed by atoms with E-state index in [0.717, 1.165) is 20.8 Å². The van der Waals surface area contributed by atoms with Crippen LogP contribution in [0.1, 0.15) is 55.3 Å². The molecule has 0 saturated carbocycles. The van der Waals surface area contributed by atoms with E-state index in [1.54, 1.807) is 38.1 Å². The summed E-state index contributed by atoms with van der Waals surface area (Å²) in [6, 6.07) is 8.08. The van der Waals surface area contributed by atoms with Gasteiger partial charge in [-0.05, 0) is 49.1 Å².